The van der Waals surface area contributed by atoms with Crippen molar-refractivity contribution in [2.24, 2.45) is 5.41 Å². The molecule has 0 aliphatic heterocycles. The number of rotatable bonds is 6. The van der Waals surface area contributed by atoms with E-state index in [1.165, 1.54) is 0 Å². The van der Waals surface area contributed by atoms with Crippen LogP contribution in [0.1, 0.15) is 20.8 Å². The summed E-state index contributed by atoms with van der Waals surface area (Å²) in [6.45, 7) is 2.13. The van der Waals surface area contributed by atoms with Crippen LogP contribution in [-0.4, -0.2) is 47.1 Å². The van der Waals surface area contributed by atoms with Crippen LogP contribution >= 0.6 is 0 Å². The second kappa shape index (κ2) is 6.99. The van der Waals surface area contributed by atoms with E-state index in [1.54, 1.807) is 0 Å². The molecule has 1 N–H and O–H groups in total. The lowest BCUT2D eigenvalue weighted by Gasteiger charge is -2.41. The molecule has 26 heavy (non-hydrogen) atoms. The van der Waals surface area contributed by atoms with Crippen molar-refractivity contribution >= 4 is 11.9 Å². The third-order valence-corrected chi connectivity index (χ3v) is 2.88. The first-order valence-corrected chi connectivity index (χ1v) is 6.51. The first kappa shape index (κ1) is 24.1. The van der Waals surface area contributed by atoms with Crippen LogP contribution in [0.4, 0.5) is 39.5 Å². The van der Waals surface area contributed by atoms with Crippen molar-refractivity contribution in [1.82, 2.24) is 0 Å². The Morgan fingerprint density at radius 2 is 1.27 bits per heavy atom. The van der Waals surface area contributed by atoms with Gasteiger partial charge in [0.15, 0.2) is 6.10 Å². The van der Waals surface area contributed by atoms with E-state index in [-0.39, 0.29) is 12.2 Å². The van der Waals surface area contributed by atoms with E-state index in [0.717, 1.165) is 0 Å². The van der Waals surface area contributed by atoms with Crippen LogP contribution in [0.5, 0.6) is 0 Å². The van der Waals surface area contributed by atoms with Crippen LogP contribution in [0, 0.1) is 5.41 Å². The van der Waals surface area contributed by atoms with Gasteiger partial charge in [-0.05, 0) is 0 Å². The molecule has 0 aromatic rings. The number of hydrogen-bond acceptors (Lipinski definition) is 3. The van der Waals surface area contributed by atoms with Crippen LogP contribution in [-0.2, 0) is 14.3 Å². The molecular weight excluding hydrogens is 391 g/mol. The predicted molar refractivity (Wildman–Crippen MR) is 67.0 cm³/mol. The second-order valence-electron chi connectivity index (χ2n) is 6.12. The molecule has 0 amide bonds. The summed E-state index contributed by atoms with van der Waals surface area (Å²) in [5.74, 6) is -24.0. The van der Waals surface area contributed by atoms with E-state index in [1.807, 2.05) is 0 Å². The number of carboxylic acids is 1. The minimum Gasteiger partial charge on any atom is -0.478 e. The molecule has 0 aliphatic rings. The lowest BCUT2D eigenvalue weighted by Crippen LogP contribution is -2.66. The van der Waals surface area contributed by atoms with Gasteiger partial charge in [0, 0.05) is 17.6 Å². The first-order valence-electron chi connectivity index (χ1n) is 6.51. The summed E-state index contributed by atoms with van der Waals surface area (Å²) in [6, 6.07) is 0. The highest BCUT2D eigenvalue weighted by Gasteiger charge is 2.84. The van der Waals surface area contributed by atoms with Crippen LogP contribution in [0.25, 0.3) is 0 Å². The number of halogens is 9. The van der Waals surface area contributed by atoms with Crippen molar-refractivity contribution in [3.8, 4) is 0 Å². The zero-order valence-corrected chi connectivity index (χ0v) is 13.3. The molecule has 0 rings (SSSR count). The van der Waals surface area contributed by atoms with Crippen molar-refractivity contribution in [2.45, 2.75) is 50.8 Å². The number of hydrogen-bond donors (Lipinski definition) is 1. The van der Waals surface area contributed by atoms with Gasteiger partial charge in [0.2, 0.25) is 0 Å². The zero-order valence-electron chi connectivity index (χ0n) is 13.3. The standard InChI is InChI=1S/C13H13F9O4/c1-9(2,3)8(26-7(25)5-4-6(23)24)10(14,15)11(16,17)12(18,19)13(20,21)22/h4-5,8H,1-3H3,(H,23,24). The molecule has 13 heteroatoms. The van der Waals surface area contributed by atoms with E-state index in [2.05, 4.69) is 4.74 Å². The minimum atomic E-state index is -7.14. The molecule has 0 bridgehead atoms. The Balaban J connectivity index is 6.10. The molecule has 0 aliphatic carbocycles. The van der Waals surface area contributed by atoms with Crippen molar-refractivity contribution in [3.05, 3.63) is 12.2 Å². The number of carbonyl (C=O) groups is 2. The predicted octanol–water partition coefficient (Wildman–Crippen LogP) is 4.05. The van der Waals surface area contributed by atoms with E-state index >= 15 is 0 Å². The summed E-state index contributed by atoms with van der Waals surface area (Å²) < 4.78 is 121. The maximum absolute atomic E-state index is 14.0. The number of aliphatic carboxylic acids is 1. The molecule has 0 spiro atoms. The van der Waals surface area contributed by atoms with Gasteiger partial charge in [-0.15, -0.1) is 0 Å². The number of ether oxygens (including phenoxy) is 1. The molecule has 0 fully saturated rings. The number of esters is 1. The smallest absolute Gasteiger partial charge is 0.460 e. The van der Waals surface area contributed by atoms with Gasteiger partial charge in [0.25, 0.3) is 0 Å². The van der Waals surface area contributed by atoms with Crippen LogP contribution in [0.3, 0.4) is 0 Å². The van der Waals surface area contributed by atoms with Crippen molar-refractivity contribution < 1.29 is 58.9 Å². The number of carboxylic acid groups (broad SMARTS) is 1. The Hall–Kier alpha value is -1.95. The van der Waals surface area contributed by atoms with Gasteiger partial charge in [-0.1, -0.05) is 20.8 Å². The molecule has 0 aromatic heterocycles. The minimum absolute atomic E-state index is 0.00278. The molecule has 0 heterocycles. The second-order valence-corrected chi connectivity index (χ2v) is 6.12. The third kappa shape index (κ3) is 4.61. The average Bonchev–Trinajstić information content (AvgIpc) is 2.39. The molecule has 152 valence electrons. The Kier molecular flexibility index (Phi) is 6.46. The quantitative estimate of drug-likeness (QED) is 0.412. The van der Waals surface area contributed by atoms with E-state index in [0.29, 0.717) is 20.8 Å². The van der Waals surface area contributed by atoms with Crippen LogP contribution in [0.2, 0.25) is 0 Å². The van der Waals surface area contributed by atoms with Gasteiger partial charge in [0.05, 0.1) is 0 Å². The molecule has 0 saturated carbocycles. The molecule has 1 unspecified atom stereocenters. The fraction of sp³-hybridized carbons (Fsp3) is 0.692. The molecule has 1 atom stereocenters. The topological polar surface area (TPSA) is 63.6 Å². The number of carbonyl (C=O) groups excluding carboxylic acids is 1. The Bertz CT molecular complexity index is 573. The molecular formula is C13H13F9O4. The summed E-state index contributed by atoms with van der Waals surface area (Å²) in [4.78, 5) is 21.5. The first-order chi connectivity index (χ1) is 11.2. The SMILES string of the molecule is CC(C)(C)C(OC(=O)C=CC(=O)O)C(F)(F)C(F)(F)C(F)(F)C(F)(F)F. The van der Waals surface area contributed by atoms with Gasteiger partial charge in [0.1, 0.15) is 0 Å². The summed E-state index contributed by atoms with van der Waals surface area (Å²) in [5.41, 5.74) is -2.23. The largest absolute Gasteiger partial charge is 0.478 e. The molecule has 0 saturated heterocycles. The summed E-state index contributed by atoms with van der Waals surface area (Å²) in [6.07, 6.45) is -10.4. The van der Waals surface area contributed by atoms with Gasteiger partial charge < -0.3 is 9.84 Å². The lowest BCUT2D eigenvalue weighted by atomic mass is 9.81. The van der Waals surface area contributed by atoms with Crippen molar-refractivity contribution in [2.75, 3.05) is 0 Å². The Morgan fingerprint density at radius 1 is 0.846 bits per heavy atom. The fourth-order valence-electron chi connectivity index (χ4n) is 1.64. The highest BCUT2D eigenvalue weighted by Crippen LogP contribution is 2.56. The van der Waals surface area contributed by atoms with E-state index < -0.39 is 47.4 Å². The highest BCUT2D eigenvalue weighted by atomic mass is 19.4. The Morgan fingerprint density at radius 3 is 1.58 bits per heavy atom. The molecule has 0 aromatic carbocycles. The maximum atomic E-state index is 14.0. The van der Waals surface area contributed by atoms with Gasteiger partial charge in [-0.2, -0.15) is 39.5 Å². The van der Waals surface area contributed by atoms with Gasteiger partial charge in [-0.25, -0.2) is 9.59 Å². The summed E-state index contributed by atoms with van der Waals surface area (Å²) >= 11 is 0. The lowest BCUT2D eigenvalue weighted by molar-refractivity contribution is -0.409. The van der Waals surface area contributed by atoms with E-state index in [4.69, 9.17) is 5.11 Å². The zero-order chi connectivity index (χ0) is 21.4. The van der Waals surface area contributed by atoms with E-state index in [9.17, 15) is 49.1 Å². The summed E-state index contributed by atoms with van der Waals surface area (Å²) in [5, 5.41) is 8.25. The molecule has 4 nitrogen and oxygen atoms in total. The van der Waals surface area contributed by atoms with Crippen molar-refractivity contribution in [3.63, 3.8) is 0 Å². The van der Waals surface area contributed by atoms with Gasteiger partial charge in [-0.3, -0.25) is 0 Å². The normalized spacial score (nSPS) is 15.8. The van der Waals surface area contributed by atoms with Crippen LogP contribution in [0.15, 0.2) is 12.2 Å². The monoisotopic (exact) mass is 404 g/mol. The molecule has 0 radical (unpaired) electrons. The summed E-state index contributed by atoms with van der Waals surface area (Å²) in [7, 11) is 0. The van der Waals surface area contributed by atoms with Crippen LogP contribution < -0.4 is 0 Å². The third-order valence-electron chi connectivity index (χ3n) is 2.88. The Labute approximate surface area is 140 Å². The fourth-order valence-corrected chi connectivity index (χ4v) is 1.64. The van der Waals surface area contributed by atoms with Gasteiger partial charge >= 0.3 is 35.9 Å². The maximum Gasteiger partial charge on any atom is 0.460 e. The average molecular weight is 404 g/mol. The highest BCUT2D eigenvalue weighted by molar-refractivity contribution is 5.90. The number of alkyl halides is 9. The van der Waals surface area contributed by atoms with Crippen molar-refractivity contribution in [1.29, 1.82) is 0 Å².